The third kappa shape index (κ3) is 4.74. The molecule has 0 amide bonds. The molecule has 0 unspecified atom stereocenters. The summed E-state index contributed by atoms with van der Waals surface area (Å²) >= 11 is 0. The van der Waals surface area contributed by atoms with Gasteiger partial charge in [-0.25, -0.2) is 22.6 Å². The maximum absolute atomic E-state index is 11.4. The Bertz CT molecular complexity index is 1880. The number of nitrogens with one attached hydrogen (secondary N) is 1. The van der Waals surface area contributed by atoms with Crippen LogP contribution in [-0.4, -0.2) is 39.1 Å². The summed E-state index contributed by atoms with van der Waals surface area (Å²) in [6.45, 7) is 0.923. The van der Waals surface area contributed by atoms with Gasteiger partial charge < -0.3 is 5.73 Å². The van der Waals surface area contributed by atoms with Crippen molar-refractivity contribution >= 4 is 32.3 Å². The van der Waals surface area contributed by atoms with Crippen LogP contribution in [0.1, 0.15) is 11.1 Å². The van der Waals surface area contributed by atoms with Crippen molar-refractivity contribution in [2.75, 3.05) is 12.0 Å². The number of nitrogen functional groups attached to an aromatic ring is 1. The molecule has 0 atom stereocenters. The van der Waals surface area contributed by atoms with Crippen molar-refractivity contribution in [3.63, 3.8) is 0 Å². The van der Waals surface area contributed by atoms with Gasteiger partial charge in [-0.05, 0) is 28.8 Å². The van der Waals surface area contributed by atoms with Crippen LogP contribution in [0.3, 0.4) is 0 Å². The quantitative estimate of drug-likeness (QED) is 0.325. The van der Waals surface area contributed by atoms with Crippen molar-refractivity contribution in [2.24, 2.45) is 0 Å². The zero-order valence-electron chi connectivity index (χ0n) is 20.6. The first-order valence-corrected chi connectivity index (χ1v) is 13.9. The molecular formula is C28H25N7O2S. The summed E-state index contributed by atoms with van der Waals surface area (Å²) in [5.41, 5.74) is 13.6. The minimum atomic E-state index is -3.27. The van der Waals surface area contributed by atoms with Crippen LogP contribution in [0.4, 0.5) is 5.82 Å². The van der Waals surface area contributed by atoms with Crippen LogP contribution in [0.15, 0.2) is 91.4 Å². The van der Waals surface area contributed by atoms with E-state index < -0.39 is 10.0 Å². The number of anilines is 1. The van der Waals surface area contributed by atoms with E-state index >= 15 is 0 Å². The summed E-state index contributed by atoms with van der Waals surface area (Å²) in [4.78, 5) is 4.24. The summed E-state index contributed by atoms with van der Waals surface area (Å²) in [6, 6.07) is 26.1. The predicted molar refractivity (Wildman–Crippen MR) is 149 cm³/mol. The lowest BCUT2D eigenvalue weighted by molar-refractivity contribution is 0.587. The first-order chi connectivity index (χ1) is 18.3. The third-order valence-corrected chi connectivity index (χ3v) is 7.09. The number of nitrogens with zero attached hydrogens (tertiary/aromatic N) is 5. The molecule has 0 bridgehead atoms. The summed E-state index contributed by atoms with van der Waals surface area (Å²) < 4.78 is 29.1. The van der Waals surface area contributed by atoms with Crippen molar-refractivity contribution in [3.05, 3.63) is 103 Å². The van der Waals surface area contributed by atoms with E-state index in [1.54, 1.807) is 4.52 Å². The third-order valence-electron chi connectivity index (χ3n) is 6.42. The molecule has 0 aliphatic heterocycles. The predicted octanol–water partition coefficient (Wildman–Crippen LogP) is 4.09. The Morgan fingerprint density at radius 3 is 2.45 bits per heavy atom. The summed E-state index contributed by atoms with van der Waals surface area (Å²) in [5.74, 6) is 0.380. The van der Waals surface area contributed by atoms with Crippen LogP contribution in [-0.2, 0) is 23.1 Å². The number of benzene rings is 3. The Labute approximate surface area is 219 Å². The second-order valence-electron chi connectivity index (χ2n) is 9.23. The molecule has 6 aromatic rings. The van der Waals surface area contributed by atoms with E-state index in [2.05, 4.69) is 45.1 Å². The van der Waals surface area contributed by atoms with Gasteiger partial charge in [0.25, 0.3) is 0 Å². The van der Waals surface area contributed by atoms with Gasteiger partial charge in [0.1, 0.15) is 11.8 Å². The molecule has 0 fully saturated rings. The standard InChI is InChI=1S/C28H25N7O2S/c1-38(36,37)32-15-19-7-9-21(10-8-19)26-14-24(27-28(29)30-18-31-35(26)27)22-11-12-23-17-34(33-25(23)13-22)16-20-5-3-2-4-6-20/h2-14,17-18,32H,15-16H2,1H3,(H2,29,30,31). The molecule has 10 heteroatoms. The lowest BCUT2D eigenvalue weighted by atomic mass is 10.0. The molecule has 3 N–H and O–H groups in total. The fourth-order valence-corrected chi connectivity index (χ4v) is 5.02. The molecule has 0 aliphatic carbocycles. The topological polar surface area (TPSA) is 120 Å². The molecule has 0 spiro atoms. The maximum atomic E-state index is 11.4. The first kappa shape index (κ1) is 23.8. The summed E-state index contributed by atoms with van der Waals surface area (Å²) in [5, 5.41) is 10.3. The monoisotopic (exact) mass is 523 g/mol. The van der Waals surface area contributed by atoms with Gasteiger partial charge in [0.2, 0.25) is 10.0 Å². The van der Waals surface area contributed by atoms with E-state index in [4.69, 9.17) is 10.8 Å². The van der Waals surface area contributed by atoms with Crippen molar-refractivity contribution < 1.29 is 8.42 Å². The summed E-state index contributed by atoms with van der Waals surface area (Å²) in [6.07, 6.45) is 4.63. The van der Waals surface area contributed by atoms with Crippen molar-refractivity contribution in [1.29, 1.82) is 0 Å². The molecule has 0 saturated carbocycles. The Hall–Kier alpha value is -4.54. The average molecular weight is 524 g/mol. The van der Waals surface area contributed by atoms with Crippen LogP contribution in [0, 0.1) is 0 Å². The number of rotatable bonds is 7. The van der Waals surface area contributed by atoms with E-state index in [0.29, 0.717) is 17.9 Å². The minimum absolute atomic E-state index is 0.227. The summed E-state index contributed by atoms with van der Waals surface area (Å²) in [7, 11) is -3.27. The van der Waals surface area contributed by atoms with Gasteiger partial charge in [-0.2, -0.15) is 10.2 Å². The van der Waals surface area contributed by atoms with Crippen LogP contribution in [0.25, 0.3) is 38.8 Å². The highest BCUT2D eigenvalue weighted by Crippen LogP contribution is 2.35. The highest BCUT2D eigenvalue weighted by Gasteiger charge is 2.17. The van der Waals surface area contributed by atoms with Crippen LogP contribution in [0.2, 0.25) is 0 Å². The zero-order chi connectivity index (χ0) is 26.3. The number of aromatic nitrogens is 5. The number of hydrogen-bond acceptors (Lipinski definition) is 6. The van der Waals surface area contributed by atoms with Crippen LogP contribution >= 0.6 is 0 Å². The van der Waals surface area contributed by atoms with Crippen molar-refractivity contribution in [2.45, 2.75) is 13.1 Å². The number of nitrogens with two attached hydrogens (primary N) is 1. The van der Waals surface area contributed by atoms with Gasteiger partial charge in [0, 0.05) is 29.3 Å². The molecule has 0 aliphatic rings. The van der Waals surface area contributed by atoms with Crippen molar-refractivity contribution in [3.8, 4) is 22.4 Å². The van der Waals surface area contributed by atoms with E-state index in [-0.39, 0.29) is 6.54 Å². The molecular weight excluding hydrogens is 498 g/mol. The molecule has 6 rings (SSSR count). The molecule has 3 heterocycles. The Kier molecular flexibility index (Phi) is 5.90. The second kappa shape index (κ2) is 9.40. The molecule has 38 heavy (non-hydrogen) atoms. The molecule has 9 nitrogen and oxygen atoms in total. The molecule has 3 aromatic carbocycles. The van der Waals surface area contributed by atoms with E-state index in [1.165, 1.54) is 11.9 Å². The van der Waals surface area contributed by atoms with Gasteiger partial charge >= 0.3 is 0 Å². The van der Waals surface area contributed by atoms with Crippen molar-refractivity contribution in [1.82, 2.24) is 29.1 Å². The number of fused-ring (bicyclic) bond motifs is 2. The highest BCUT2D eigenvalue weighted by molar-refractivity contribution is 7.88. The SMILES string of the molecule is CS(=O)(=O)NCc1ccc(-c2cc(-c3ccc4cn(Cc5ccccc5)nc4c3)c3c(N)ncnn23)cc1. The normalized spacial score (nSPS) is 11.9. The number of hydrogen-bond donors (Lipinski definition) is 2. The molecule has 0 radical (unpaired) electrons. The second-order valence-corrected chi connectivity index (χ2v) is 11.1. The molecule has 3 aromatic heterocycles. The zero-order valence-corrected chi connectivity index (χ0v) is 21.4. The minimum Gasteiger partial charge on any atom is -0.382 e. The first-order valence-electron chi connectivity index (χ1n) is 12.0. The molecule has 190 valence electrons. The molecule has 0 saturated heterocycles. The average Bonchev–Trinajstić information content (AvgIpc) is 3.49. The fourth-order valence-electron chi connectivity index (χ4n) is 4.59. The van der Waals surface area contributed by atoms with Gasteiger partial charge in [-0.3, -0.25) is 4.68 Å². The number of sulfonamides is 1. The van der Waals surface area contributed by atoms with E-state index in [0.717, 1.165) is 45.1 Å². The van der Waals surface area contributed by atoms with E-state index in [1.807, 2.05) is 59.4 Å². The van der Waals surface area contributed by atoms with Gasteiger partial charge in [-0.1, -0.05) is 66.7 Å². The van der Waals surface area contributed by atoms with Gasteiger partial charge in [0.05, 0.1) is 24.0 Å². The van der Waals surface area contributed by atoms with Gasteiger partial charge in [0.15, 0.2) is 5.82 Å². The smallest absolute Gasteiger partial charge is 0.209 e. The van der Waals surface area contributed by atoms with Gasteiger partial charge in [-0.15, -0.1) is 0 Å². The lowest BCUT2D eigenvalue weighted by Crippen LogP contribution is -2.21. The van der Waals surface area contributed by atoms with Crippen LogP contribution < -0.4 is 10.5 Å². The largest absolute Gasteiger partial charge is 0.382 e. The Morgan fingerprint density at radius 2 is 1.68 bits per heavy atom. The highest BCUT2D eigenvalue weighted by atomic mass is 32.2. The lowest BCUT2D eigenvalue weighted by Gasteiger charge is -2.06. The Morgan fingerprint density at radius 1 is 0.921 bits per heavy atom. The van der Waals surface area contributed by atoms with E-state index in [9.17, 15) is 8.42 Å². The fraction of sp³-hybridized carbons (Fsp3) is 0.107. The van der Waals surface area contributed by atoms with Crippen LogP contribution in [0.5, 0.6) is 0 Å². The maximum Gasteiger partial charge on any atom is 0.209 e. The Balaban J connectivity index is 1.38.